The van der Waals surface area contributed by atoms with Gasteiger partial charge in [-0.2, -0.15) is 4.57 Å². The number of aromatic nitrogens is 2. The fourth-order valence-corrected chi connectivity index (χ4v) is 5.08. The summed E-state index contributed by atoms with van der Waals surface area (Å²) in [4.78, 5) is 0. The maximum atomic E-state index is 14.5. The number of ether oxygens (including phenoxy) is 1. The number of benzene rings is 4. The molecule has 0 amide bonds. The molecule has 0 spiro atoms. The Bertz CT molecular complexity index is 1790. The second kappa shape index (κ2) is 10.3. The summed E-state index contributed by atoms with van der Waals surface area (Å²) in [7, 11) is 0. The molecule has 194 valence electrons. The van der Waals surface area contributed by atoms with Crippen molar-refractivity contribution in [1.29, 1.82) is 0 Å². The Morgan fingerprint density at radius 1 is 0.744 bits per heavy atom. The van der Waals surface area contributed by atoms with Crippen molar-refractivity contribution in [3.8, 4) is 5.75 Å². The van der Waals surface area contributed by atoms with E-state index >= 15 is 0 Å². The van der Waals surface area contributed by atoms with Gasteiger partial charge in [-0.3, -0.25) is 0 Å². The summed E-state index contributed by atoms with van der Waals surface area (Å²) >= 11 is 0. The van der Waals surface area contributed by atoms with Crippen LogP contribution in [0.25, 0.3) is 21.8 Å². The molecule has 0 fully saturated rings. The molecule has 0 aliphatic heterocycles. The number of rotatable bonds is 7. The van der Waals surface area contributed by atoms with Gasteiger partial charge in [0.25, 0.3) is 0 Å². The third-order valence-electron chi connectivity index (χ3n) is 7.14. The average Bonchev–Trinajstić information content (AvgIpc) is 3.25. The highest BCUT2D eigenvalue weighted by atomic mass is 19.1. The lowest BCUT2D eigenvalue weighted by Crippen LogP contribution is -2.38. The summed E-state index contributed by atoms with van der Waals surface area (Å²) in [5.74, 6) is -0.115. The van der Waals surface area contributed by atoms with Gasteiger partial charge in [0, 0.05) is 36.4 Å². The SMILES string of the molecule is Cc1c2c(cc[n+]1Cc1ccccc1F)c1ccc(OCc3ccc(F)cc3)cc1n2Cc1ccc(F)cc1. The zero-order valence-electron chi connectivity index (χ0n) is 21.4. The van der Waals surface area contributed by atoms with Crippen LogP contribution in [0, 0.1) is 24.4 Å². The number of aryl methyl sites for hydroxylation is 1. The Balaban J connectivity index is 1.45. The highest BCUT2D eigenvalue weighted by Gasteiger charge is 2.21. The summed E-state index contributed by atoms with van der Waals surface area (Å²) in [6.07, 6.45) is 1.99. The standard InChI is InChI=1S/C33H26F3N2O/c1-22-33-30(16-17-37(22)20-25-4-2-3-5-31(25)36)29-15-14-28(39-21-24-8-12-27(35)13-9-24)18-32(29)38(33)19-23-6-10-26(34)11-7-23/h2-18H,19-21H2,1H3/q+1. The molecule has 39 heavy (non-hydrogen) atoms. The molecular formula is C33H26F3N2O+. The van der Waals surface area contributed by atoms with Gasteiger partial charge in [-0.05, 0) is 59.7 Å². The molecule has 0 saturated heterocycles. The van der Waals surface area contributed by atoms with E-state index in [-0.39, 0.29) is 17.5 Å². The van der Waals surface area contributed by atoms with E-state index in [0.29, 0.717) is 31.0 Å². The van der Waals surface area contributed by atoms with Gasteiger partial charge in [-0.25, -0.2) is 13.2 Å². The first kappa shape index (κ1) is 24.7. The quantitative estimate of drug-likeness (QED) is 0.198. The van der Waals surface area contributed by atoms with Gasteiger partial charge in [-0.15, -0.1) is 0 Å². The molecule has 2 heterocycles. The fraction of sp³-hybridized carbons (Fsp3) is 0.121. The fourth-order valence-electron chi connectivity index (χ4n) is 5.08. The first-order valence-corrected chi connectivity index (χ1v) is 12.8. The summed E-state index contributed by atoms with van der Waals surface area (Å²) < 4.78 is 51.7. The van der Waals surface area contributed by atoms with Crippen molar-refractivity contribution in [2.45, 2.75) is 26.6 Å². The second-order valence-corrected chi connectivity index (χ2v) is 9.69. The van der Waals surface area contributed by atoms with Crippen LogP contribution in [0.4, 0.5) is 13.2 Å². The van der Waals surface area contributed by atoms with E-state index in [0.717, 1.165) is 38.6 Å². The van der Waals surface area contributed by atoms with Crippen molar-refractivity contribution in [2.24, 2.45) is 0 Å². The van der Waals surface area contributed by atoms with Crippen molar-refractivity contribution in [3.63, 3.8) is 0 Å². The topological polar surface area (TPSA) is 18.0 Å². The highest BCUT2D eigenvalue weighted by Crippen LogP contribution is 2.33. The molecule has 0 bridgehead atoms. The summed E-state index contributed by atoms with van der Waals surface area (Å²) in [5, 5.41) is 2.13. The molecule has 4 aromatic carbocycles. The van der Waals surface area contributed by atoms with E-state index in [1.807, 2.05) is 42.0 Å². The number of nitrogens with zero attached hydrogens (tertiary/aromatic N) is 2. The number of fused-ring (bicyclic) bond motifs is 3. The van der Waals surface area contributed by atoms with Crippen molar-refractivity contribution in [2.75, 3.05) is 0 Å². The van der Waals surface area contributed by atoms with Crippen molar-refractivity contribution >= 4 is 21.8 Å². The van der Waals surface area contributed by atoms with Crippen LogP contribution >= 0.6 is 0 Å². The largest absolute Gasteiger partial charge is 0.489 e. The van der Waals surface area contributed by atoms with E-state index < -0.39 is 0 Å². The summed E-state index contributed by atoms with van der Waals surface area (Å²) in [5.41, 5.74) is 5.41. The van der Waals surface area contributed by atoms with Crippen LogP contribution in [0.15, 0.2) is 103 Å². The number of pyridine rings is 1. The van der Waals surface area contributed by atoms with E-state index in [1.165, 1.54) is 30.3 Å². The van der Waals surface area contributed by atoms with E-state index in [2.05, 4.69) is 10.6 Å². The van der Waals surface area contributed by atoms with E-state index in [4.69, 9.17) is 4.74 Å². The summed E-state index contributed by atoms with van der Waals surface area (Å²) in [6, 6.07) is 27.6. The van der Waals surface area contributed by atoms with Gasteiger partial charge in [0.05, 0.1) is 11.1 Å². The van der Waals surface area contributed by atoms with Crippen LogP contribution in [0.5, 0.6) is 5.75 Å². The smallest absolute Gasteiger partial charge is 0.203 e. The van der Waals surface area contributed by atoms with Crippen molar-refractivity contribution < 1.29 is 22.5 Å². The maximum Gasteiger partial charge on any atom is 0.203 e. The molecule has 0 unspecified atom stereocenters. The highest BCUT2D eigenvalue weighted by molar-refractivity contribution is 6.08. The van der Waals surface area contributed by atoms with Crippen LogP contribution < -0.4 is 9.30 Å². The predicted molar refractivity (Wildman–Crippen MR) is 146 cm³/mol. The van der Waals surface area contributed by atoms with Gasteiger partial charge < -0.3 is 9.30 Å². The van der Waals surface area contributed by atoms with E-state index in [9.17, 15) is 13.2 Å². The molecular weight excluding hydrogens is 497 g/mol. The van der Waals surface area contributed by atoms with Crippen molar-refractivity contribution in [3.05, 3.63) is 143 Å². The Labute approximate surface area is 224 Å². The lowest BCUT2D eigenvalue weighted by molar-refractivity contribution is -0.693. The first-order chi connectivity index (χ1) is 19.0. The molecule has 2 aromatic heterocycles. The molecule has 0 radical (unpaired) electrons. The average molecular weight is 524 g/mol. The lowest BCUT2D eigenvalue weighted by Gasteiger charge is -2.11. The van der Waals surface area contributed by atoms with Crippen LogP contribution in [-0.2, 0) is 19.7 Å². The number of halogens is 3. The Hall–Kier alpha value is -4.58. The molecule has 0 atom stereocenters. The maximum absolute atomic E-state index is 14.5. The minimum Gasteiger partial charge on any atom is -0.489 e. The summed E-state index contributed by atoms with van der Waals surface area (Å²) in [6.45, 7) is 3.27. The van der Waals surface area contributed by atoms with Gasteiger partial charge in [0.15, 0.2) is 12.7 Å². The van der Waals surface area contributed by atoms with Crippen LogP contribution in [0.3, 0.4) is 0 Å². The third-order valence-corrected chi connectivity index (χ3v) is 7.14. The second-order valence-electron chi connectivity index (χ2n) is 9.69. The zero-order valence-corrected chi connectivity index (χ0v) is 21.4. The molecule has 0 aliphatic rings. The molecule has 0 saturated carbocycles. The minimum absolute atomic E-state index is 0.237. The molecule has 0 N–H and O–H groups in total. The number of hydrogen-bond donors (Lipinski definition) is 0. The van der Waals surface area contributed by atoms with Crippen molar-refractivity contribution in [1.82, 2.24) is 4.57 Å². The Kier molecular flexibility index (Phi) is 6.53. The third kappa shape index (κ3) is 4.98. The predicted octanol–water partition coefficient (Wildman–Crippen LogP) is 7.48. The van der Waals surface area contributed by atoms with Crippen LogP contribution in [0.2, 0.25) is 0 Å². The molecule has 6 rings (SSSR count). The number of hydrogen-bond acceptors (Lipinski definition) is 1. The minimum atomic E-state index is -0.284. The Morgan fingerprint density at radius 2 is 1.44 bits per heavy atom. The van der Waals surface area contributed by atoms with Crippen LogP contribution in [-0.4, -0.2) is 4.57 Å². The normalized spacial score (nSPS) is 11.4. The van der Waals surface area contributed by atoms with Gasteiger partial charge >= 0.3 is 0 Å². The first-order valence-electron chi connectivity index (χ1n) is 12.8. The van der Waals surface area contributed by atoms with Gasteiger partial charge in [0.1, 0.15) is 35.3 Å². The van der Waals surface area contributed by atoms with Gasteiger partial charge in [-0.1, -0.05) is 36.4 Å². The van der Waals surface area contributed by atoms with Crippen LogP contribution in [0.1, 0.15) is 22.4 Å². The molecule has 0 aliphatic carbocycles. The van der Waals surface area contributed by atoms with Gasteiger partial charge in [0.2, 0.25) is 5.69 Å². The molecule has 6 aromatic rings. The monoisotopic (exact) mass is 523 g/mol. The molecule has 3 nitrogen and oxygen atoms in total. The van der Waals surface area contributed by atoms with E-state index in [1.54, 1.807) is 36.4 Å². The molecule has 6 heteroatoms. The lowest BCUT2D eigenvalue weighted by atomic mass is 10.1. The zero-order chi connectivity index (χ0) is 26.9. The Morgan fingerprint density at radius 3 is 2.15 bits per heavy atom.